The van der Waals surface area contributed by atoms with E-state index < -0.39 is 10.2 Å². The van der Waals surface area contributed by atoms with Crippen LogP contribution >= 0.6 is 0 Å². The predicted molar refractivity (Wildman–Crippen MR) is 89.5 cm³/mol. The first-order chi connectivity index (χ1) is 11.0. The molecule has 0 unspecified atom stereocenters. The zero-order valence-corrected chi connectivity index (χ0v) is 13.6. The highest BCUT2D eigenvalue weighted by atomic mass is 32.2. The number of fused-ring (bicyclic) bond motifs is 1. The SMILES string of the molecule is C=CCNS(=O)(=O)N1CCC(n2c(=O)[nH]c3ccccc32)CC1. The molecule has 1 aliphatic rings. The average molecular weight is 336 g/mol. The molecule has 3 rings (SSSR count). The van der Waals surface area contributed by atoms with E-state index in [0.29, 0.717) is 25.9 Å². The number of H-pyrrole nitrogens is 1. The van der Waals surface area contributed by atoms with Crippen LogP contribution in [0.2, 0.25) is 0 Å². The maximum absolute atomic E-state index is 12.2. The van der Waals surface area contributed by atoms with Gasteiger partial charge in [0.25, 0.3) is 10.2 Å². The fourth-order valence-electron chi connectivity index (χ4n) is 3.03. The lowest BCUT2D eigenvalue weighted by atomic mass is 10.1. The van der Waals surface area contributed by atoms with E-state index in [1.807, 2.05) is 24.3 Å². The highest BCUT2D eigenvalue weighted by Crippen LogP contribution is 2.25. The summed E-state index contributed by atoms with van der Waals surface area (Å²) in [7, 11) is -3.47. The van der Waals surface area contributed by atoms with Gasteiger partial charge in [0.2, 0.25) is 0 Å². The predicted octanol–water partition coefficient (Wildman–Crippen LogP) is 0.987. The van der Waals surface area contributed by atoms with Crippen LogP contribution in [0.25, 0.3) is 11.0 Å². The van der Waals surface area contributed by atoms with Gasteiger partial charge in [0.05, 0.1) is 11.0 Å². The van der Waals surface area contributed by atoms with E-state index in [9.17, 15) is 13.2 Å². The van der Waals surface area contributed by atoms with Gasteiger partial charge in [-0.2, -0.15) is 17.4 Å². The van der Waals surface area contributed by atoms with Gasteiger partial charge in [-0.05, 0) is 25.0 Å². The van der Waals surface area contributed by atoms with Gasteiger partial charge in [-0.3, -0.25) is 4.57 Å². The van der Waals surface area contributed by atoms with Crippen molar-refractivity contribution in [2.75, 3.05) is 19.6 Å². The summed E-state index contributed by atoms with van der Waals surface area (Å²) in [5.74, 6) is 0. The zero-order chi connectivity index (χ0) is 16.4. The molecule has 23 heavy (non-hydrogen) atoms. The third kappa shape index (κ3) is 3.10. The van der Waals surface area contributed by atoms with Crippen LogP contribution in [0.5, 0.6) is 0 Å². The first-order valence-electron chi connectivity index (χ1n) is 7.58. The highest BCUT2D eigenvalue weighted by molar-refractivity contribution is 7.87. The normalized spacial score (nSPS) is 17.6. The Hall–Kier alpha value is -1.90. The van der Waals surface area contributed by atoms with Crippen LogP contribution in [-0.2, 0) is 10.2 Å². The van der Waals surface area contributed by atoms with Crippen LogP contribution in [0, 0.1) is 0 Å². The second kappa shape index (κ2) is 6.31. The second-order valence-corrected chi connectivity index (χ2v) is 7.34. The van der Waals surface area contributed by atoms with E-state index in [4.69, 9.17) is 0 Å². The summed E-state index contributed by atoms with van der Waals surface area (Å²) in [6.07, 6.45) is 2.73. The second-order valence-electron chi connectivity index (χ2n) is 5.59. The van der Waals surface area contributed by atoms with Crippen molar-refractivity contribution < 1.29 is 8.42 Å². The average Bonchev–Trinajstić information content (AvgIpc) is 2.89. The Morgan fingerprint density at radius 1 is 1.30 bits per heavy atom. The van der Waals surface area contributed by atoms with Crippen LogP contribution in [0.4, 0.5) is 0 Å². The Kier molecular flexibility index (Phi) is 4.38. The molecule has 7 nitrogen and oxygen atoms in total. The van der Waals surface area contributed by atoms with E-state index in [0.717, 1.165) is 11.0 Å². The van der Waals surface area contributed by atoms with Crippen molar-refractivity contribution in [2.24, 2.45) is 0 Å². The number of rotatable bonds is 5. The monoisotopic (exact) mass is 336 g/mol. The number of benzene rings is 1. The lowest BCUT2D eigenvalue weighted by Crippen LogP contribution is -2.45. The fraction of sp³-hybridized carbons (Fsp3) is 0.400. The van der Waals surface area contributed by atoms with Gasteiger partial charge in [-0.1, -0.05) is 18.2 Å². The molecule has 0 saturated carbocycles. The summed E-state index contributed by atoms with van der Waals surface area (Å²) in [6.45, 7) is 4.50. The first kappa shape index (κ1) is 16.0. The molecule has 2 N–H and O–H groups in total. The molecule has 0 amide bonds. The summed E-state index contributed by atoms with van der Waals surface area (Å²) in [5, 5.41) is 0. The van der Waals surface area contributed by atoms with Gasteiger partial charge in [-0.15, -0.1) is 6.58 Å². The van der Waals surface area contributed by atoms with Gasteiger partial charge in [0, 0.05) is 25.7 Å². The van der Waals surface area contributed by atoms with Crippen molar-refractivity contribution in [3.05, 3.63) is 47.4 Å². The van der Waals surface area contributed by atoms with Crippen LogP contribution < -0.4 is 10.4 Å². The van der Waals surface area contributed by atoms with Crippen molar-refractivity contribution in [3.8, 4) is 0 Å². The number of para-hydroxylation sites is 2. The van der Waals surface area contributed by atoms with Gasteiger partial charge >= 0.3 is 5.69 Å². The first-order valence-corrected chi connectivity index (χ1v) is 9.02. The summed E-state index contributed by atoms with van der Waals surface area (Å²) in [6, 6.07) is 7.55. The number of imidazole rings is 1. The number of piperidine rings is 1. The molecule has 1 aromatic heterocycles. The van der Waals surface area contributed by atoms with Crippen LogP contribution in [0.15, 0.2) is 41.7 Å². The maximum atomic E-state index is 12.2. The molecule has 0 atom stereocenters. The van der Waals surface area contributed by atoms with Gasteiger partial charge < -0.3 is 4.98 Å². The van der Waals surface area contributed by atoms with Gasteiger partial charge in [0.1, 0.15) is 0 Å². The van der Waals surface area contributed by atoms with Crippen molar-refractivity contribution in [2.45, 2.75) is 18.9 Å². The molecule has 0 radical (unpaired) electrons. The highest BCUT2D eigenvalue weighted by Gasteiger charge is 2.29. The fourth-order valence-corrected chi connectivity index (χ4v) is 4.24. The number of hydrogen-bond acceptors (Lipinski definition) is 3. The zero-order valence-electron chi connectivity index (χ0n) is 12.7. The molecular formula is C15H20N4O3S. The number of aromatic amines is 1. The summed E-state index contributed by atoms with van der Waals surface area (Å²) in [5.41, 5.74) is 1.53. The molecule has 1 aliphatic heterocycles. The van der Waals surface area contributed by atoms with Crippen molar-refractivity contribution in [3.63, 3.8) is 0 Å². The molecule has 2 aromatic rings. The summed E-state index contributed by atoms with van der Waals surface area (Å²) < 4.78 is 29.9. The molecule has 1 saturated heterocycles. The summed E-state index contributed by atoms with van der Waals surface area (Å²) >= 11 is 0. The lowest BCUT2D eigenvalue weighted by molar-refractivity contribution is 0.272. The summed E-state index contributed by atoms with van der Waals surface area (Å²) in [4.78, 5) is 15.1. The topological polar surface area (TPSA) is 87.2 Å². The molecule has 1 fully saturated rings. The molecule has 0 spiro atoms. The molecule has 124 valence electrons. The Balaban J connectivity index is 1.77. The molecule has 8 heteroatoms. The Morgan fingerprint density at radius 2 is 2.00 bits per heavy atom. The van der Waals surface area contributed by atoms with E-state index in [-0.39, 0.29) is 18.3 Å². The Morgan fingerprint density at radius 3 is 2.70 bits per heavy atom. The smallest absolute Gasteiger partial charge is 0.306 e. The Labute approximate surface area is 134 Å². The molecule has 1 aromatic carbocycles. The van der Waals surface area contributed by atoms with Gasteiger partial charge in [0.15, 0.2) is 0 Å². The van der Waals surface area contributed by atoms with E-state index in [1.54, 1.807) is 4.57 Å². The van der Waals surface area contributed by atoms with E-state index in [1.165, 1.54) is 10.4 Å². The molecule has 2 heterocycles. The van der Waals surface area contributed by atoms with Crippen molar-refractivity contribution in [1.82, 2.24) is 18.6 Å². The minimum absolute atomic E-state index is 0.00417. The van der Waals surface area contributed by atoms with Crippen LogP contribution in [-0.4, -0.2) is 41.9 Å². The Bertz CT molecular complexity index is 860. The molecule has 0 aliphatic carbocycles. The van der Waals surface area contributed by atoms with Crippen LogP contribution in [0.3, 0.4) is 0 Å². The number of aromatic nitrogens is 2. The van der Waals surface area contributed by atoms with E-state index in [2.05, 4.69) is 16.3 Å². The van der Waals surface area contributed by atoms with Crippen molar-refractivity contribution in [1.29, 1.82) is 0 Å². The molecular weight excluding hydrogens is 316 g/mol. The standard InChI is InChI=1S/C15H20N4O3S/c1-2-9-16-23(21,22)18-10-7-12(8-11-18)19-14-6-4-3-5-13(14)17-15(19)20/h2-6,12,16H,1,7-11H2,(H,17,20). The van der Waals surface area contributed by atoms with Gasteiger partial charge in [-0.25, -0.2) is 4.79 Å². The quantitative estimate of drug-likeness (QED) is 0.798. The van der Waals surface area contributed by atoms with Crippen LogP contribution in [0.1, 0.15) is 18.9 Å². The largest absolute Gasteiger partial charge is 0.326 e. The van der Waals surface area contributed by atoms with Crippen molar-refractivity contribution >= 4 is 21.2 Å². The number of nitrogens with one attached hydrogen (secondary N) is 2. The number of hydrogen-bond donors (Lipinski definition) is 2. The third-order valence-electron chi connectivity index (χ3n) is 4.16. The van der Waals surface area contributed by atoms with E-state index >= 15 is 0 Å². The minimum Gasteiger partial charge on any atom is -0.306 e. The number of nitrogens with zero attached hydrogens (tertiary/aromatic N) is 2. The molecule has 0 bridgehead atoms. The lowest BCUT2D eigenvalue weighted by Gasteiger charge is -2.31. The minimum atomic E-state index is -3.47. The third-order valence-corrected chi connectivity index (χ3v) is 5.74. The maximum Gasteiger partial charge on any atom is 0.326 e.